The van der Waals surface area contributed by atoms with Gasteiger partial charge in [0.25, 0.3) is 0 Å². The number of amides is 1. The summed E-state index contributed by atoms with van der Waals surface area (Å²) in [6, 6.07) is 18.1. The summed E-state index contributed by atoms with van der Waals surface area (Å²) in [5.74, 6) is 0.222. The van der Waals surface area contributed by atoms with Crippen LogP contribution in [0.25, 0.3) is 27.7 Å². The number of fused-ring (bicyclic) bond motifs is 1. The molecular formula is C28H26FNO3. The van der Waals surface area contributed by atoms with Crippen molar-refractivity contribution in [3.05, 3.63) is 95.5 Å². The zero-order valence-electron chi connectivity index (χ0n) is 18.9. The minimum atomic E-state index is -0.289. The Bertz CT molecular complexity index is 1300. The second-order valence-electron chi connectivity index (χ2n) is 7.87. The SMILES string of the molecule is CCOc1c(/C(C)=C/C(=O)NCc2ccccc2)cc2c(-c3ccc(F)cc3)coc2c1C. The predicted molar refractivity (Wildman–Crippen MR) is 129 cm³/mol. The molecule has 0 bridgehead atoms. The standard InChI is InChI=1S/C28H26FNO3/c1-4-32-27-19(3)28-24(25(17-33-28)21-10-12-22(29)13-11-21)15-23(27)18(2)14-26(31)30-16-20-8-6-5-7-9-20/h5-15,17H,4,16H2,1-3H3,(H,30,31)/b18-14+. The van der Waals surface area contributed by atoms with Gasteiger partial charge < -0.3 is 14.5 Å². The van der Waals surface area contributed by atoms with E-state index in [1.165, 1.54) is 12.1 Å². The Balaban J connectivity index is 1.72. The van der Waals surface area contributed by atoms with Gasteiger partial charge in [0.2, 0.25) is 5.91 Å². The fourth-order valence-electron chi connectivity index (χ4n) is 3.90. The Kier molecular flexibility index (Phi) is 6.59. The number of hydrogen-bond donors (Lipinski definition) is 1. The molecule has 0 saturated carbocycles. The summed E-state index contributed by atoms with van der Waals surface area (Å²) in [4.78, 5) is 12.6. The van der Waals surface area contributed by atoms with E-state index >= 15 is 0 Å². The average Bonchev–Trinajstić information content (AvgIpc) is 3.25. The smallest absolute Gasteiger partial charge is 0.244 e. The summed E-state index contributed by atoms with van der Waals surface area (Å²) in [7, 11) is 0. The first kappa shape index (κ1) is 22.3. The molecule has 4 nitrogen and oxygen atoms in total. The van der Waals surface area contributed by atoms with Crippen molar-refractivity contribution >= 4 is 22.4 Å². The Morgan fingerprint density at radius 2 is 1.85 bits per heavy atom. The molecule has 0 fully saturated rings. The molecule has 1 amide bonds. The van der Waals surface area contributed by atoms with Gasteiger partial charge in [-0.1, -0.05) is 42.5 Å². The fraction of sp³-hybridized carbons (Fsp3) is 0.179. The highest BCUT2D eigenvalue weighted by Crippen LogP contribution is 2.40. The van der Waals surface area contributed by atoms with E-state index < -0.39 is 0 Å². The quantitative estimate of drug-likeness (QED) is 0.325. The lowest BCUT2D eigenvalue weighted by atomic mass is 9.96. The molecule has 5 heteroatoms. The van der Waals surface area contributed by atoms with Crippen LogP contribution >= 0.6 is 0 Å². The maximum atomic E-state index is 13.4. The Morgan fingerprint density at radius 1 is 1.12 bits per heavy atom. The summed E-state index contributed by atoms with van der Waals surface area (Å²) in [6.45, 7) is 6.69. The lowest BCUT2D eigenvalue weighted by molar-refractivity contribution is -0.116. The van der Waals surface area contributed by atoms with Crippen molar-refractivity contribution in [3.8, 4) is 16.9 Å². The molecule has 0 aliphatic rings. The van der Waals surface area contributed by atoms with Gasteiger partial charge in [-0.15, -0.1) is 0 Å². The molecule has 0 radical (unpaired) electrons. The first-order valence-corrected chi connectivity index (χ1v) is 10.9. The zero-order valence-corrected chi connectivity index (χ0v) is 18.9. The minimum absolute atomic E-state index is 0.178. The Morgan fingerprint density at radius 3 is 2.55 bits per heavy atom. The number of allylic oxidation sites excluding steroid dienone is 1. The average molecular weight is 444 g/mol. The number of nitrogens with one attached hydrogen (secondary N) is 1. The van der Waals surface area contributed by atoms with Gasteiger partial charge in [0, 0.05) is 34.7 Å². The van der Waals surface area contributed by atoms with E-state index in [1.807, 2.05) is 57.2 Å². The lowest BCUT2D eigenvalue weighted by Crippen LogP contribution is -2.20. The van der Waals surface area contributed by atoms with E-state index in [0.29, 0.717) is 24.5 Å². The molecular weight excluding hydrogens is 417 g/mol. The van der Waals surface area contributed by atoms with Crippen molar-refractivity contribution in [2.24, 2.45) is 0 Å². The highest BCUT2D eigenvalue weighted by Gasteiger charge is 2.19. The van der Waals surface area contributed by atoms with Crippen LogP contribution in [-0.2, 0) is 11.3 Å². The maximum Gasteiger partial charge on any atom is 0.244 e. The van der Waals surface area contributed by atoms with Gasteiger partial charge in [0.1, 0.15) is 17.1 Å². The van der Waals surface area contributed by atoms with Gasteiger partial charge in [0.15, 0.2) is 0 Å². The first-order valence-electron chi connectivity index (χ1n) is 10.9. The van der Waals surface area contributed by atoms with Crippen molar-refractivity contribution in [1.29, 1.82) is 0 Å². The third-order valence-electron chi connectivity index (χ3n) is 5.57. The van der Waals surface area contributed by atoms with Crippen molar-refractivity contribution < 1.29 is 18.3 Å². The second-order valence-corrected chi connectivity index (χ2v) is 7.87. The van der Waals surface area contributed by atoms with Gasteiger partial charge >= 0.3 is 0 Å². The zero-order chi connectivity index (χ0) is 23.4. The van der Waals surface area contributed by atoms with Crippen molar-refractivity contribution in [2.45, 2.75) is 27.3 Å². The second kappa shape index (κ2) is 9.74. The van der Waals surface area contributed by atoms with Crippen LogP contribution in [0.2, 0.25) is 0 Å². The summed E-state index contributed by atoms with van der Waals surface area (Å²) < 4.78 is 25.3. The topological polar surface area (TPSA) is 51.5 Å². The molecule has 3 aromatic carbocycles. The Hall–Kier alpha value is -3.86. The maximum absolute atomic E-state index is 13.4. The van der Waals surface area contributed by atoms with E-state index in [4.69, 9.17) is 9.15 Å². The minimum Gasteiger partial charge on any atom is -0.493 e. The normalized spacial score (nSPS) is 11.6. The van der Waals surface area contributed by atoms with Crippen LogP contribution in [0.1, 0.15) is 30.5 Å². The van der Waals surface area contributed by atoms with Gasteiger partial charge in [-0.05, 0) is 55.7 Å². The molecule has 33 heavy (non-hydrogen) atoms. The molecule has 0 unspecified atom stereocenters. The van der Waals surface area contributed by atoms with Gasteiger partial charge in [-0.3, -0.25) is 4.79 Å². The highest BCUT2D eigenvalue weighted by molar-refractivity contribution is 6.01. The molecule has 4 rings (SSSR count). The third kappa shape index (κ3) is 4.82. The number of ether oxygens (including phenoxy) is 1. The van der Waals surface area contributed by atoms with Crippen molar-refractivity contribution in [2.75, 3.05) is 6.61 Å². The molecule has 1 heterocycles. The van der Waals surface area contributed by atoms with E-state index in [2.05, 4.69) is 5.32 Å². The monoisotopic (exact) mass is 443 g/mol. The number of carbonyl (C=O) groups is 1. The molecule has 0 aliphatic carbocycles. The summed E-state index contributed by atoms with van der Waals surface area (Å²) in [6.07, 6.45) is 3.26. The van der Waals surface area contributed by atoms with E-state index in [0.717, 1.165) is 38.8 Å². The molecule has 168 valence electrons. The van der Waals surface area contributed by atoms with Crippen LogP contribution in [0.4, 0.5) is 4.39 Å². The van der Waals surface area contributed by atoms with Gasteiger partial charge in [-0.2, -0.15) is 0 Å². The number of rotatable bonds is 7. The molecule has 0 spiro atoms. The van der Waals surface area contributed by atoms with Crippen LogP contribution in [0.3, 0.4) is 0 Å². The number of halogens is 1. The van der Waals surface area contributed by atoms with Gasteiger partial charge in [-0.25, -0.2) is 4.39 Å². The molecule has 1 N–H and O–H groups in total. The molecule has 4 aromatic rings. The number of hydrogen-bond acceptors (Lipinski definition) is 3. The third-order valence-corrected chi connectivity index (χ3v) is 5.57. The number of benzene rings is 3. The fourth-order valence-corrected chi connectivity index (χ4v) is 3.90. The van der Waals surface area contributed by atoms with Crippen LogP contribution in [0, 0.1) is 12.7 Å². The predicted octanol–water partition coefficient (Wildman–Crippen LogP) is 6.67. The van der Waals surface area contributed by atoms with Crippen LogP contribution < -0.4 is 10.1 Å². The summed E-state index contributed by atoms with van der Waals surface area (Å²) in [5.41, 5.74) is 5.91. The lowest BCUT2D eigenvalue weighted by Gasteiger charge is -2.15. The molecule has 0 aliphatic heterocycles. The van der Waals surface area contributed by atoms with Crippen LogP contribution in [-0.4, -0.2) is 12.5 Å². The highest BCUT2D eigenvalue weighted by atomic mass is 19.1. The number of carbonyl (C=O) groups excluding carboxylic acids is 1. The molecule has 1 aromatic heterocycles. The van der Waals surface area contributed by atoms with E-state index in [-0.39, 0.29) is 11.7 Å². The molecule has 0 atom stereocenters. The van der Waals surface area contributed by atoms with Crippen LogP contribution in [0.15, 0.2) is 77.4 Å². The van der Waals surface area contributed by atoms with Crippen molar-refractivity contribution in [1.82, 2.24) is 5.32 Å². The first-order chi connectivity index (χ1) is 16.0. The largest absolute Gasteiger partial charge is 0.493 e. The summed E-state index contributed by atoms with van der Waals surface area (Å²) >= 11 is 0. The molecule has 0 saturated heterocycles. The number of aryl methyl sites for hydroxylation is 1. The van der Waals surface area contributed by atoms with Crippen molar-refractivity contribution in [3.63, 3.8) is 0 Å². The summed E-state index contributed by atoms with van der Waals surface area (Å²) in [5, 5.41) is 3.81. The van der Waals surface area contributed by atoms with E-state index in [9.17, 15) is 9.18 Å². The Labute approximate surface area is 192 Å². The number of furan rings is 1. The van der Waals surface area contributed by atoms with E-state index in [1.54, 1.807) is 24.5 Å². The van der Waals surface area contributed by atoms with Gasteiger partial charge in [0.05, 0.1) is 12.9 Å². The van der Waals surface area contributed by atoms with Crippen LogP contribution in [0.5, 0.6) is 5.75 Å².